The van der Waals surface area contributed by atoms with Gasteiger partial charge in [-0.3, -0.25) is 9.59 Å². The van der Waals surface area contributed by atoms with Crippen LogP contribution in [0.15, 0.2) is 24.3 Å². The van der Waals surface area contributed by atoms with E-state index in [1.165, 1.54) is 51.4 Å². The zero-order valence-corrected chi connectivity index (χ0v) is 22.3. The summed E-state index contributed by atoms with van der Waals surface area (Å²) in [6, 6.07) is 6.94. The second kappa shape index (κ2) is 19.4. The number of rotatable bonds is 20. The Hall–Kier alpha value is -1.92. The normalized spacial score (nSPS) is 11.2. The van der Waals surface area contributed by atoms with E-state index in [9.17, 15) is 9.59 Å². The average Bonchev–Trinajstić information content (AvgIpc) is 2.86. The van der Waals surface area contributed by atoms with Gasteiger partial charge in [0.1, 0.15) is 0 Å². The molecule has 34 heavy (non-hydrogen) atoms. The number of hydrogen-bond donors (Lipinski definition) is 2. The van der Waals surface area contributed by atoms with Crippen molar-refractivity contribution in [3.8, 4) is 0 Å². The number of hydrogen-bond acceptors (Lipinski definition) is 4. The number of likely N-dealkylation sites (N-methyl/N-ethyl adjacent to an activating group) is 2. The Balaban J connectivity index is 2.34. The van der Waals surface area contributed by atoms with Crippen molar-refractivity contribution in [3.63, 3.8) is 0 Å². The van der Waals surface area contributed by atoms with Gasteiger partial charge in [0.15, 0.2) is 0 Å². The summed E-state index contributed by atoms with van der Waals surface area (Å²) in [6.07, 6.45) is 10.1. The largest absolute Gasteiger partial charge is 0.351 e. The van der Waals surface area contributed by atoms with E-state index < -0.39 is 0 Å². The lowest BCUT2D eigenvalue weighted by Crippen LogP contribution is -2.36. The molecule has 2 N–H and O–H groups in total. The smallest absolute Gasteiger partial charge is 0.251 e. The molecule has 2 amide bonds. The van der Waals surface area contributed by atoms with Gasteiger partial charge in [0, 0.05) is 37.3 Å². The van der Waals surface area contributed by atoms with Gasteiger partial charge in [-0.25, -0.2) is 0 Å². The van der Waals surface area contributed by atoms with E-state index in [0.717, 1.165) is 39.3 Å². The molecular weight excluding hydrogens is 424 g/mol. The Morgan fingerprint density at radius 3 is 1.29 bits per heavy atom. The zero-order valence-electron chi connectivity index (χ0n) is 22.3. The van der Waals surface area contributed by atoms with Crippen molar-refractivity contribution in [1.82, 2.24) is 20.4 Å². The van der Waals surface area contributed by atoms with Gasteiger partial charge in [-0.1, -0.05) is 66.2 Å². The van der Waals surface area contributed by atoms with Gasteiger partial charge in [-0.05, 0) is 63.3 Å². The number of unbranched alkanes of at least 4 members (excludes halogenated alkanes) is 6. The molecule has 0 fully saturated rings. The molecule has 0 aliphatic heterocycles. The Bertz CT molecular complexity index is 606. The van der Waals surface area contributed by atoms with Crippen LogP contribution in [0.5, 0.6) is 0 Å². The van der Waals surface area contributed by atoms with Crippen molar-refractivity contribution in [1.29, 1.82) is 0 Å². The number of nitrogens with zero attached hydrogens (tertiary/aromatic N) is 2. The molecule has 0 bridgehead atoms. The molecule has 0 radical (unpaired) electrons. The minimum Gasteiger partial charge on any atom is -0.351 e. The summed E-state index contributed by atoms with van der Waals surface area (Å²) in [7, 11) is 0. The van der Waals surface area contributed by atoms with E-state index >= 15 is 0 Å². The highest BCUT2D eigenvalue weighted by Gasteiger charge is 2.10. The predicted octanol–water partition coefficient (Wildman–Crippen LogP) is 4.95. The SMILES string of the molecule is CCCCCCN(CC)CCNC(=O)c1ccc(C(=O)NCCN(CC)CCCCCC)cc1. The van der Waals surface area contributed by atoms with Crippen molar-refractivity contribution in [2.45, 2.75) is 79.1 Å². The number of amides is 2. The Labute approximate surface area is 208 Å². The van der Waals surface area contributed by atoms with Gasteiger partial charge in [0.05, 0.1) is 0 Å². The second-order valence-electron chi connectivity index (χ2n) is 9.08. The first-order valence-electron chi connectivity index (χ1n) is 13.7. The summed E-state index contributed by atoms with van der Waals surface area (Å²) in [4.78, 5) is 29.7. The molecular formula is C28H50N4O2. The van der Waals surface area contributed by atoms with E-state index in [0.29, 0.717) is 24.2 Å². The van der Waals surface area contributed by atoms with Gasteiger partial charge in [-0.2, -0.15) is 0 Å². The molecule has 0 heterocycles. The first kappa shape index (κ1) is 30.1. The van der Waals surface area contributed by atoms with Crippen LogP contribution in [0, 0.1) is 0 Å². The third-order valence-corrected chi connectivity index (χ3v) is 6.39. The van der Waals surface area contributed by atoms with Crippen molar-refractivity contribution < 1.29 is 9.59 Å². The van der Waals surface area contributed by atoms with Crippen molar-refractivity contribution in [2.75, 3.05) is 52.4 Å². The van der Waals surface area contributed by atoms with Crippen molar-refractivity contribution in [3.05, 3.63) is 35.4 Å². The van der Waals surface area contributed by atoms with Gasteiger partial charge >= 0.3 is 0 Å². The Kier molecular flexibility index (Phi) is 17.2. The van der Waals surface area contributed by atoms with Crippen LogP contribution < -0.4 is 10.6 Å². The number of benzene rings is 1. The van der Waals surface area contributed by atoms with Crippen LogP contribution in [0.2, 0.25) is 0 Å². The molecule has 0 spiro atoms. The lowest BCUT2D eigenvalue weighted by Gasteiger charge is -2.20. The fraction of sp³-hybridized carbons (Fsp3) is 0.714. The third kappa shape index (κ3) is 13.1. The molecule has 1 rings (SSSR count). The number of carbonyl (C=O) groups excluding carboxylic acids is 2. The minimum absolute atomic E-state index is 0.0874. The maximum atomic E-state index is 12.5. The molecule has 0 saturated heterocycles. The summed E-state index contributed by atoms with van der Waals surface area (Å²) in [5.41, 5.74) is 1.18. The monoisotopic (exact) mass is 474 g/mol. The molecule has 0 aliphatic rings. The van der Waals surface area contributed by atoms with Gasteiger partial charge in [0.25, 0.3) is 11.8 Å². The first-order chi connectivity index (χ1) is 16.5. The summed E-state index contributed by atoms with van der Waals surface area (Å²) in [5.74, 6) is -0.175. The molecule has 1 aromatic rings. The van der Waals surface area contributed by atoms with E-state index in [1.807, 2.05) is 0 Å². The first-order valence-corrected chi connectivity index (χ1v) is 13.7. The second-order valence-corrected chi connectivity index (χ2v) is 9.08. The summed E-state index contributed by atoms with van der Waals surface area (Å²) < 4.78 is 0. The van der Waals surface area contributed by atoms with Crippen LogP contribution in [0.4, 0.5) is 0 Å². The highest BCUT2D eigenvalue weighted by molar-refractivity contribution is 5.97. The molecule has 1 aromatic carbocycles. The van der Waals surface area contributed by atoms with Gasteiger partial charge < -0.3 is 20.4 Å². The molecule has 0 aromatic heterocycles. The molecule has 194 valence electrons. The highest BCUT2D eigenvalue weighted by atomic mass is 16.2. The molecule has 0 saturated carbocycles. The highest BCUT2D eigenvalue weighted by Crippen LogP contribution is 2.06. The van der Waals surface area contributed by atoms with E-state index in [-0.39, 0.29) is 11.8 Å². The van der Waals surface area contributed by atoms with E-state index in [2.05, 4.69) is 48.1 Å². The van der Waals surface area contributed by atoms with Crippen molar-refractivity contribution in [2.24, 2.45) is 0 Å². The Morgan fingerprint density at radius 1 is 0.588 bits per heavy atom. The summed E-state index contributed by atoms with van der Waals surface area (Å²) in [6.45, 7) is 16.0. The lowest BCUT2D eigenvalue weighted by atomic mass is 10.1. The average molecular weight is 475 g/mol. The van der Waals surface area contributed by atoms with E-state index in [4.69, 9.17) is 0 Å². The molecule has 0 atom stereocenters. The minimum atomic E-state index is -0.0874. The Morgan fingerprint density at radius 2 is 0.971 bits per heavy atom. The summed E-state index contributed by atoms with van der Waals surface area (Å²) in [5, 5.41) is 6.01. The maximum Gasteiger partial charge on any atom is 0.251 e. The fourth-order valence-electron chi connectivity index (χ4n) is 4.01. The van der Waals surface area contributed by atoms with Gasteiger partial charge in [0.2, 0.25) is 0 Å². The van der Waals surface area contributed by atoms with Crippen molar-refractivity contribution >= 4 is 11.8 Å². The quantitative estimate of drug-likeness (QED) is 0.263. The van der Waals surface area contributed by atoms with Crippen LogP contribution in [-0.2, 0) is 0 Å². The third-order valence-electron chi connectivity index (χ3n) is 6.39. The number of carbonyl (C=O) groups is 2. The van der Waals surface area contributed by atoms with Crippen LogP contribution in [0.3, 0.4) is 0 Å². The fourth-order valence-corrected chi connectivity index (χ4v) is 4.01. The topological polar surface area (TPSA) is 64.7 Å². The standard InChI is InChI=1S/C28H50N4O2/c1-5-9-11-13-21-31(7-3)23-19-29-27(33)25-15-17-26(18-16-25)28(34)30-20-24-32(8-4)22-14-12-10-6-2/h15-18H,5-14,19-24H2,1-4H3,(H,29,33)(H,30,34). The molecule has 6 heteroatoms. The van der Waals surface area contributed by atoms with Gasteiger partial charge in [-0.15, -0.1) is 0 Å². The molecule has 6 nitrogen and oxygen atoms in total. The maximum absolute atomic E-state index is 12.5. The number of nitrogens with one attached hydrogen (secondary N) is 2. The lowest BCUT2D eigenvalue weighted by molar-refractivity contribution is 0.0936. The zero-order chi connectivity index (χ0) is 25.0. The molecule has 0 aliphatic carbocycles. The van der Waals surface area contributed by atoms with Crippen LogP contribution >= 0.6 is 0 Å². The van der Waals surface area contributed by atoms with Crippen LogP contribution in [0.25, 0.3) is 0 Å². The predicted molar refractivity (Wildman–Crippen MR) is 144 cm³/mol. The van der Waals surface area contributed by atoms with Crippen LogP contribution in [0.1, 0.15) is 99.8 Å². The van der Waals surface area contributed by atoms with E-state index in [1.54, 1.807) is 24.3 Å². The summed E-state index contributed by atoms with van der Waals surface area (Å²) >= 11 is 0. The molecule has 0 unspecified atom stereocenters. The van der Waals surface area contributed by atoms with Crippen LogP contribution in [-0.4, -0.2) is 74.0 Å².